The summed E-state index contributed by atoms with van der Waals surface area (Å²) in [7, 11) is 0. The molecule has 0 aromatic heterocycles. The van der Waals surface area contributed by atoms with E-state index in [-0.39, 0.29) is 86.8 Å². The Labute approximate surface area is 420 Å². The molecule has 8 amide bonds. The maximum Gasteiger partial charge on any atom is 0.326 e. The number of aliphatic carboxylic acids is 1. The normalized spacial score (nSPS) is 17.5. The fourth-order valence-corrected chi connectivity index (χ4v) is 8.13. The molecule has 69 heavy (non-hydrogen) atoms. The van der Waals surface area contributed by atoms with Gasteiger partial charge in [-0.3, -0.25) is 43.8 Å². The van der Waals surface area contributed by atoms with Crippen LogP contribution in [-0.2, 0) is 43.2 Å². The van der Waals surface area contributed by atoms with Crippen molar-refractivity contribution < 1.29 is 53.4 Å². The number of thioether (sulfide) groups is 1. The number of likely N-dealkylation sites (tertiary alicyclic amines) is 1. The van der Waals surface area contributed by atoms with Gasteiger partial charge >= 0.3 is 5.97 Å². The van der Waals surface area contributed by atoms with Gasteiger partial charge in [-0.1, -0.05) is 41.5 Å². The molecule has 1 rings (SSSR count). The first kappa shape index (κ1) is 62.5. The predicted octanol–water partition coefficient (Wildman–Crippen LogP) is -2.21. The van der Waals surface area contributed by atoms with Crippen LogP contribution < -0.4 is 54.0 Å². The molecule has 15 N–H and O–H groups in total. The summed E-state index contributed by atoms with van der Waals surface area (Å²) in [5, 5.41) is 48.4. The number of amides is 8. The molecule has 10 atom stereocenters. The second-order valence-electron chi connectivity index (χ2n) is 18.3. The van der Waals surface area contributed by atoms with Crippen LogP contribution in [0.15, 0.2) is 0 Å². The number of guanidine groups is 1. The number of rotatable bonds is 31. The van der Waals surface area contributed by atoms with E-state index in [9.17, 15) is 53.4 Å². The summed E-state index contributed by atoms with van der Waals surface area (Å²) >= 11 is 9.94. The zero-order valence-corrected chi connectivity index (χ0v) is 43.6. The average molecular weight is 1040 g/mol. The molecule has 26 heteroatoms. The Morgan fingerprint density at radius 2 is 1.19 bits per heavy atom. The topological polar surface area (TPSA) is 369 Å². The van der Waals surface area contributed by atoms with Crippen LogP contribution in [0, 0.1) is 23.2 Å². The lowest BCUT2D eigenvalue weighted by Gasteiger charge is -2.31. The summed E-state index contributed by atoms with van der Waals surface area (Å²) < 4.78 is 0. The van der Waals surface area contributed by atoms with E-state index in [1.54, 1.807) is 41.5 Å². The fourth-order valence-electron chi connectivity index (χ4n) is 7.16. The van der Waals surface area contributed by atoms with Gasteiger partial charge in [0.25, 0.3) is 0 Å². The molecule has 0 saturated carbocycles. The van der Waals surface area contributed by atoms with Crippen molar-refractivity contribution in [1.82, 2.24) is 47.4 Å². The third-order valence-corrected chi connectivity index (χ3v) is 12.4. The Morgan fingerprint density at radius 1 is 0.696 bits per heavy atom. The van der Waals surface area contributed by atoms with Crippen molar-refractivity contribution in [3.8, 4) is 0 Å². The lowest BCUT2D eigenvalue weighted by molar-refractivity contribution is -0.142. The molecular weight excluding hydrogens is 957 g/mol. The van der Waals surface area contributed by atoms with Gasteiger partial charge < -0.3 is 69.1 Å². The standard InChI is InChI=1S/C43H78N12O11S3/c1-21(2)17-27(36(59)52-29(19-67)37(60)51-28(42(65)66)18-22(3)4)50-40(63)33(24(7)56)54-35(58)25(11-9-14-47-43(45)46)48-38(61)31-12-10-15-55(31)41(64)30(20-68)53-34(57)26(13-16-69-8)49-39(62)32(44)23(5)6/h21-33,56,67-68H,9-20,44H2,1-8H3,(H,48,61)(H,49,62)(H,50,63)(H,51,60)(H,52,59)(H,53,57)(H,54,58)(H,65,66)(H4,45,46,47)/t24-,25+,26+,27+,28+,29+,30+,31+,32+,33+/m1/s1. The highest BCUT2D eigenvalue weighted by atomic mass is 32.2. The number of thiol groups is 2. The number of nitrogens with two attached hydrogens (primary N) is 2. The molecule has 0 bridgehead atoms. The molecule has 0 radical (unpaired) electrons. The number of carboxylic acid groups (broad SMARTS) is 1. The van der Waals surface area contributed by atoms with E-state index >= 15 is 0 Å². The van der Waals surface area contributed by atoms with Crippen LogP contribution in [0.4, 0.5) is 0 Å². The molecule has 0 aromatic rings. The van der Waals surface area contributed by atoms with E-state index in [0.717, 1.165) is 0 Å². The summed E-state index contributed by atoms with van der Waals surface area (Å²) in [5.41, 5.74) is 11.4. The summed E-state index contributed by atoms with van der Waals surface area (Å²) in [5.74, 6) is -7.96. The molecule has 1 aliphatic heterocycles. The lowest BCUT2D eigenvalue weighted by atomic mass is 10.0. The molecule has 1 aliphatic rings. The van der Waals surface area contributed by atoms with Gasteiger partial charge in [0.05, 0.1) is 12.1 Å². The number of hydrogen-bond donors (Lipinski definition) is 15. The zero-order valence-electron chi connectivity index (χ0n) is 41.0. The molecule has 0 aliphatic carbocycles. The third kappa shape index (κ3) is 22.0. The quantitative estimate of drug-likeness (QED) is 0.0152. The van der Waals surface area contributed by atoms with Crippen LogP contribution in [0.2, 0.25) is 0 Å². The minimum Gasteiger partial charge on any atom is -0.480 e. The van der Waals surface area contributed by atoms with E-state index < -0.39 is 114 Å². The highest BCUT2D eigenvalue weighted by molar-refractivity contribution is 7.98. The van der Waals surface area contributed by atoms with Crippen molar-refractivity contribution in [3.05, 3.63) is 0 Å². The summed E-state index contributed by atoms with van der Waals surface area (Å²) in [4.78, 5) is 122. The Bertz CT molecular complexity index is 1760. The Hall–Kier alpha value is -4.53. The van der Waals surface area contributed by atoms with Gasteiger partial charge in [-0.2, -0.15) is 37.0 Å². The SMILES string of the molecule is CSCC[C@H](NC(=O)[C@@H](N)C(C)C)C(=O)N[C@@H](CS)C(=O)N1CCC[C@H]1C(=O)N[C@@H](CCCNC(=N)N)C(=O)N[C@H](C(=O)N[C@@H](CC(C)C)C(=O)N[C@@H](CS)C(=O)N[C@@H](CC(C)C)C(=O)O)[C@@H](C)O. The van der Waals surface area contributed by atoms with Gasteiger partial charge in [0.1, 0.15) is 48.3 Å². The second-order valence-corrected chi connectivity index (χ2v) is 20.0. The summed E-state index contributed by atoms with van der Waals surface area (Å²) in [6, 6.07) is -11.1. The van der Waals surface area contributed by atoms with Crippen molar-refractivity contribution in [1.29, 1.82) is 5.41 Å². The third-order valence-electron chi connectivity index (χ3n) is 11.1. The van der Waals surface area contributed by atoms with Crippen molar-refractivity contribution in [2.75, 3.05) is 36.6 Å². The fraction of sp³-hybridized carbons (Fsp3) is 0.767. The van der Waals surface area contributed by atoms with Crippen LogP contribution in [0.25, 0.3) is 0 Å². The van der Waals surface area contributed by atoms with Crippen molar-refractivity contribution in [2.24, 2.45) is 29.2 Å². The number of aliphatic hydroxyl groups excluding tert-OH is 1. The number of carbonyl (C=O) groups excluding carboxylic acids is 8. The first-order chi connectivity index (χ1) is 32.3. The largest absolute Gasteiger partial charge is 0.480 e. The predicted molar refractivity (Wildman–Crippen MR) is 269 cm³/mol. The maximum atomic E-state index is 14.0. The van der Waals surface area contributed by atoms with Crippen LogP contribution in [-0.4, -0.2) is 171 Å². The van der Waals surface area contributed by atoms with E-state index in [2.05, 4.69) is 67.8 Å². The van der Waals surface area contributed by atoms with E-state index in [1.165, 1.54) is 23.6 Å². The summed E-state index contributed by atoms with van der Waals surface area (Å²) in [6.45, 7) is 12.1. The molecule has 1 fully saturated rings. The molecule has 0 unspecified atom stereocenters. The zero-order chi connectivity index (χ0) is 52.7. The highest BCUT2D eigenvalue weighted by Gasteiger charge is 2.40. The average Bonchev–Trinajstić information content (AvgIpc) is 3.77. The highest BCUT2D eigenvalue weighted by Crippen LogP contribution is 2.20. The minimum atomic E-state index is -1.68. The van der Waals surface area contributed by atoms with Gasteiger partial charge in [0.2, 0.25) is 47.3 Å². The van der Waals surface area contributed by atoms with Crippen LogP contribution >= 0.6 is 37.0 Å². The van der Waals surface area contributed by atoms with Crippen LogP contribution in [0.3, 0.4) is 0 Å². The first-order valence-electron chi connectivity index (χ1n) is 23.2. The van der Waals surface area contributed by atoms with Gasteiger partial charge in [-0.05, 0) is 81.6 Å². The molecule has 1 heterocycles. The molecular formula is C43H78N12O11S3. The molecule has 0 aromatic carbocycles. The molecule has 23 nitrogen and oxygen atoms in total. The van der Waals surface area contributed by atoms with Crippen LogP contribution in [0.1, 0.15) is 93.4 Å². The summed E-state index contributed by atoms with van der Waals surface area (Å²) in [6.07, 6.45) is 1.39. The smallest absolute Gasteiger partial charge is 0.326 e. The van der Waals surface area contributed by atoms with E-state index in [0.29, 0.717) is 12.2 Å². The van der Waals surface area contributed by atoms with Crippen molar-refractivity contribution >= 4 is 96.2 Å². The molecule has 0 spiro atoms. The van der Waals surface area contributed by atoms with Gasteiger partial charge in [-0.15, -0.1) is 0 Å². The minimum absolute atomic E-state index is 0.0441. The van der Waals surface area contributed by atoms with Crippen molar-refractivity contribution in [2.45, 2.75) is 154 Å². The Kier molecular flexibility index (Phi) is 28.7. The lowest BCUT2D eigenvalue weighted by Crippen LogP contribution is -2.62. The maximum absolute atomic E-state index is 14.0. The Balaban J connectivity index is 3.33. The van der Waals surface area contributed by atoms with Crippen LogP contribution in [0.5, 0.6) is 0 Å². The molecule has 394 valence electrons. The number of nitrogens with zero attached hydrogens (tertiary/aromatic N) is 1. The number of carbonyl (C=O) groups is 9. The number of carboxylic acids is 1. The van der Waals surface area contributed by atoms with E-state index in [4.69, 9.17) is 16.9 Å². The monoisotopic (exact) mass is 1030 g/mol. The number of aliphatic hydroxyl groups is 1. The second kappa shape index (κ2) is 31.6. The number of nitrogens with one attached hydrogen (secondary N) is 9. The van der Waals surface area contributed by atoms with Gasteiger partial charge in [0, 0.05) is 24.6 Å². The van der Waals surface area contributed by atoms with E-state index in [1.807, 2.05) is 6.26 Å². The Morgan fingerprint density at radius 3 is 1.71 bits per heavy atom. The molecule has 1 saturated heterocycles. The first-order valence-corrected chi connectivity index (χ1v) is 25.8. The van der Waals surface area contributed by atoms with Gasteiger partial charge in [-0.25, -0.2) is 4.79 Å². The number of hydrogen-bond acceptors (Lipinski definition) is 15. The van der Waals surface area contributed by atoms with Gasteiger partial charge in [0.15, 0.2) is 5.96 Å². The van der Waals surface area contributed by atoms with Crippen molar-refractivity contribution in [3.63, 3.8) is 0 Å².